The van der Waals surface area contributed by atoms with Gasteiger partial charge in [0.25, 0.3) is 0 Å². The minimum absolute atomic E-state index is 0.212. The number of methoxy groups -OCH3 is 2. The molecule has 0 aromatic heterocycles. The fourth-order valence-corrected chi connectivity index (χ4v) is 0.300. The van der Waals surface area contributed by atoms with Crippen molar-refractivity contribution in [3.63, 3.8) is 0 Å². The topological polar surface area (TPSA) is 18.5 Å². The lowest BCUT2D eigenvalue weighted by molar-refractivity contribution is 0.0633. The SMILES string of the molecule is CO/C=C\C(C)(C)OC. The van der Waals surface area contributed by atoms with Gasteiger partial charge in [-0.05, 0) is 19.9 Å². The summed E-state index contributed by atoms with van der Waals surface area (Å²) in [6.45, 7) is 3.92. The van der Waals surface area contributed by atoms with Crippen molar-refractivity contribution in [3.05, 3.63) is 12.3 Å². The second-order valence-electron chi connectivity index (χ2n) is 2.35. The molecule has 0 bridgehead atoms. The van der Waals surface area contributed by atoms with Gasteiger partial charge in [-0.3, -0.25) is 0 Å². The largest absolute Gasteiger partial charge is 0.505 e. The lowest BCUT2D eigenvalue weighted by Crippen LogP contribution is -2.18. The Morgan fingerprint density at radius 1 is 1.22 bits per heavy atom. The van der Waals surface area contributed by atoms with Crippen LogP contribution in [0.5, 0.6) is 0 Å². The molecule has 0 rings (SSSR count). The summed E-state index contributed by atoms with van der Waals surface area (Å²) in [4.78, 5) is 0. The molecule has 0 aromatic rings. The van der Waals surface area contributed by atoms with E-state index in [1.165, 1.54) is 0 Å². The molecular formula is C7H14O2. The van der Waals surface area contributed by atoms with E-state index < -0.39 is 0 Å². The maximum absolute atomic E-state index is 5.07. The van der Waals surface area contributed by atoms with Crippen LogP contribution in [-0.4, -0.2) is 19.8 Å². The average Bonchev–Trinajstić information content (AvgIpc) is 1.84. The molecule has 0 radical (unpaired) electrons. The number of rotatable bonds is 3. The van der Waals surface area contributed by atoms with Crippen molar-refractivity contribution in [2.45, 2.75) is 19.4 Å². The Kier molecular flexibility index (Phi) is 3.32. The van der Waals surface area contributed by atoms with Crippen molar-refractivity contribution in [2.24, 2.45) is 0 Å². The predicted molar refractivity (Wildman–Crippen MR) is 37.2 cm³/mol. The number of hydrogen-bond donors (Lipinski definition) is 0. The van der Waals surface area contributed by atoms with E-state index in [4.69, 9.17) is 9.47 Å². The van der Waals surface area contributed by atoms with Gasteiger partial charge in [0.2, 0.25) is 0 Å². The van der Waals surface area contributed by atoms with E-state index in [1.54, 1.807) is 20.5 Å². The van der Waals surface area contributed by atoms with Crippen LogP contribution in [0, 0.1) is 0 Å². The highest BCUT2D eigenvalue weighted by Crippen LogP contribution is 2.07. The molecule has 54 valence electrons. The van der Waals surface area contributed by atoms with E-state index in [2.05, 4.69) is 0 Å². The third kappa shape index (κ3) is 4.03. The zero-order chi connectivity index (χ0) is 7.33. The standard InChI is InChI=1S/C7H14O2/c1-7(2,9-4)5-6-8-3/h5-6H,1-4H3/b6-5-. The molecule has 2 nitrogen and oxygen atoms in total. The molecule has 0 spiro atoms. The van der Waals surface area contributed by atoms with Gasteiger partial charge in [0.05, 0.1) is 19.0 Å². The Morgan fingerprint density at radius 2 is 1.78 bits per heavy atom. The van der Waals surface area contributed by atoms with Crippen LogP contribution in [0.2, 0.25) is 0 Å². The van der Waals surface area contributed by atoms with Gasteiger partial charge in [0.1, 0.15) is 0 Å². The predicted octanol–water partition coefficient (Wildman–Crippen LogP) is 1.57. The summed E-state index contributed by atoms with van der Waals surface area (Å²) in [5, 5.41) is 0. The molecule has 0 saturated carbocycles. The summed E-state index contributed by atoms with van der Waals surface area (Å²) < 4.78 is 9.79. The summed E-state index contributed by atoms with van der Waals surface area (Å²) in [5.41, 5.74) is -0.212. The van der Waals surface area contributed by atoms with E-state index in [1.807, 2.05) is 19.9 Å². The van der Waals surface area contributed by atoms with E-state index in [9.17, 15) is 0 Å². The maximum atomic E-state index is 5.07. The van der Waals surface area contributed by atoms with Gasteiger partial charge >= 0.3 is 0 Å². The molecule has 0 aromatic carbocycles. The Hall–Kier alpha value is -0.500. The molecule has 0 aliphatic heterocycles. The first-order chi connectivity index (χ1) is 4.12. The molecule has 0 aliphatic carbocycles. The fourth-order valence-electron chi connectivity index (χ4n) is 0.300. The molecule has 0 aliphatic rings. The lowest BCUT2D eigenvalue weighted by Gasteiger charge is -2.16. The molecule has 0 N–H and O–H groups in total. The molecule has 2 heteroatoms. The van der Waals surface area contributed by atoms with Crippen LogP contribution in [0.15, 0.2) is 12.3 Å². The molecular weight excluding hydrogens is 116 g/mol. The van der Waals surface area contributed by atoms with Gasteiger partial charge in [0.15, 0.2) is 0 Å². The normalized spacial score (nSPS) is 12.4. The minimum Gasteiger partial charge on any atom is -0.505 e. The second-order valence-corrected chi connectivity index (χ2v) is 2.35. The molecule has 0 fully saturated rings. The first-order valence-corrected chi connectivity index (χ1v) is 2.88. The molecule has 0 atom stereocenters. The van der Waals surface area contributed by atoms with Crippen LogP contribution >= 0.6 is 0 Å². The van der Waals surface area contributed by atoms with E-state index >= 15 is 0 Å². The van der Waals surface area contributed by atoms with E-state index in [-0.39, 0.29) is 5.60 Å². The molecule has 0 amide bonds. The highest BCUT2D eigenvalue weighted by molar-refractivity contribution is 4.92. The Labute approximate surface area is 56.5 Å². The minimum atomic E-state index is -0.212. The summed E-state index contributed by atoms with van der Waals surface area (Å²) in [5.74, 6) is 0. The van der Waals surface area contributed by atoms with Crippen LogP contribution in [0.4, 0.5) is 0 Å². The van der Waals surface area contributed by atoms with Crippen molar-refractivity contribution in [3.8, 4) is 0 Å². The van der Waals surface area contributed by atoms with Gasteiger partial charge < -0.3 is 9.47 Å². The third-order valence-electron chi connectivity index (χ3n) is 1.13. The second kappa shape index (κ2) is 3.51. The van der Waals surface area contributed by atoms with Crippen LogP contribution in [0.3, 0.4) is 0 Å². The molecule has 0 saturated heterocycles. The van der Waals surface area contributed by atoms with Crippen molar-refractivity contribution in [2.75, 3.05) is 14.2 Å². The molecule has 0 unspecified atom stereocenters. The Morgan fingerprint density at radius 3 is 2.11 bits per heavy atom. The lowest BCUT2D eigenvalue weighted by atomic mass is 10.1. The smallest absolute Gasteiger partial charge is 0.0834 e. The third-order valence-corrected chi connectivity index (χ3v) is 1.13. The zero-order valence-corrected chi connectivity index (χ0v) is 6.47. The van der Waals surface area contributed by atoms with Crippen LogP contribution in [0.25, 0.3) is 0 Å². The Balaban J connectivity index is 3.70. The summed E-state index contributed by atoms with van der Waals surface area (Å²) in [7, 11) is 3.28. The zero-order valence-electron chi connectivity index (χ0n) is 6.47. The van der Waals surface area contributed by atoms with Crippen LogP contribution < -0.4 is 0 Å². The van der Waals surface area contributed by atoms with E-state index in [0.29, 0.717) is 0 Å². The first kappa shape index (κ1) is 8.50. The van der Waals surface area contributed by atoms with Crippen LogP contribution in [0.1, 0.15) is 13.8 Å². The molecule has 0 heterocycles. The summed E-state index contributed by atoms with van der Waals surface area (Å²) in [6, 6.07) is 0. The average molecular weight is 130 g/mol. The summed E-state index contributed by atoms with van der Waals surface area (Å²) in [6.07, 6.45) is 3.47. The van der Waals surface area contributed by atoms with Crippen molar-refractivity contribution in [1.29, 1.82) is 0 Å². The number of hydrogen-bond acceptors (Lipinski definition) is 2. The van der Waals surface area contributed by atoms with Gasteiger partial charge in [-0.25, -0.2) is 0 Å². The van der Waals surface area contributed by atoms with Crippen molar-refractivity contribution < 1.29 is 9.47 Å². The van der Waals surface area contributed by atoms with Gasteiger partial charge in [-0.2, -0.15) is 0 Å². The van der Waals surface area contributed by atoms with Crippen molar-refractivity contribution in [1.82, 2.24) is 0 Å². The monoisotopic (exact) mass is 130 g/mol. The highest BCUT2D eigenvalue weighted by Gasteiger charge is 2.09. The fraction of sp³-hybridized carbons (Fsp3) is 0.714. The Bertz CT molecular complexity index is 95.1. The quantitative estimate of drug-likeness (QED) is 0.540. The van der Waals surface area contributed by atoms with Gasteiger partial charge in [-0.1, -0.05) is 0 Å². The van der Waals surface area contributed by atoms with E-state index in [0.717, 1.165) is 0 Å². The molecule has 9 heavy (non-hydrogen) atoms. The highest BCUT2D eigenvalue weighted by atomic mass is 16.5. The van der Waals surface area contributed by atoms with Gasteiger partial charge in [0, 0.05) is 7.11 Å². The van der Waals surface area contributed by atoms with Gasteiger partial charge in [-0.15, -0.1) is 0 Å². The maximum Gasteiger partial charge on any atom is 0.0834 e. The van der Waals surface area contributed by atoms with Crippen molar-refractivity contribution >= 4 is 0 Å². The van der Waals surface area contributed by atoms with Crippen LogP contribution in [-0.2, 0) is 9.47 Å². The number of ether oxygens (including phenoxy) is 2. The summed E-state index contributed by atoms with van der Waals surface area (Å²) >= 11 is 0. The first-order valence-electron chi connectivity index (χ1n) is 2.88.